The van der Waals surface area contributed by atoms with Gasteiger partial charge in [0.05, 0.1) is 30.8 Å². The number of aromatic amines is 2. The Hall–Kier alpha value is -11.7. The molecule has 0 unspecified atom stereocenters. The Morgan fingerprint density at radius 3 is 1.73 bits per heavy atom. The number of aromatic hydroxyl groups is 1. The van der Waals surface area contributed by atoms with Crippen LogP contribution in [0.3, 0.4) is 0 Å². The summed E-state index contributed by atoms with van der Waals surface area (Å²) in [5, 5.41) is 70.7. The number of thioether (sulfide) groups is 2. The number of nitrogens with zero attached hydrogens (tertiary/aromatic N) is 1. The number of imidazole rings is 1. The first-order valence-corrected chi connectivity index (χ1v) is 40.7. The topological polar surface area (TPSA) is 532 Å². The number of aliphatic hydroxyl groups is 2. The first-order chi connectivity index (χ1) is 55.8. The Bertz CT molecular complexity index is 4550. The number of primary amides is 1. The molecule has 0 saturated carbocycles. The molecule has 0 radical (unpaired) electrons. The van der Waals surface area contributed by atoms with Crippen LogP contribution in [0.2, 0.25) is 0 Å². The van der Waals surface area contributed by atoms with Gasteiger partial charge >= 0.3 is 5.97 Å². The van der Waals surface area contributed by atoms with Gasteiger partial charge < -0.3 is 100 Å². The number of phenolic OH excluding ortho intramolecular Hbond substituents is 1. The van der Waals surface area contributed by atoms with Gasteiger partial charge in [0.1, 0.15) is 72.2 Å². The molecule has 0 saturated heterocycles. The van der Waals surface area contributed by atoms with Crippen molar-refractivity contribution in [3.8, 4) is 16.9 Å². The molecule has 7 aromatic rings. The minimum Gasteiger partial charge on any atom is -0.508 e. The molecule has 626 valence electrons. The lowest BCUT2D eigenvalue weighted by atomic mass is 10.0. The molecule has 33 nitrogen and oxygen atoms in total. The predicted molar refractivity (Wildman–Crippen MR) is 439 cm³/mol. The van der Waals surface area contributed by atoms with Crippen LogP contribution < -0.4 is 70.0 Å². The van der Waals surface area contributed by atoms with Crippen LogP contribution in [0, 0.1) is 11.8 Å². The van der Waals surface area contributed by atoms with Crippen LogP contribution in [0.4, 0.5) is 0 Å². The minimum atomic E-state index is -1.76. The second-order valence-electron chi connectivity index (χ2n) is 29.7. The molecule has 21 N–H and O–H groups in total. The molecule has 0 spiro atoms. The normalized spacial score (nSPS) is 20.7. The predicted octanol–water partition coefficient (Wildman–Crippen LogP) is 1.21. The average molecular weight is 1650 g/mol. The highest BCUT2D eigenvalue weighted by molar-refractivity contribution is 7.98. The van der Waals surface area contributed by atoms with Gasteiger partial charge in [0.15, 0.2) is 0 Å². The van der Waals surface area contributed by atoms with E-state index in [0.717, 1.165) is 22.3 Å². The van der Waals surface area contributed by atoms with Crippen LogP contribution in [0.5, 0.6) is 5.75 Å². The van der Waals surface area contributed by atoms with Crippen LogP contribution in [0.25, 0.3) is 22.0 Å². The lowest BCUT2D eigenvalue weighted by Crippen LogP contribution is -2.62. The standard InChI is InChI=1S/C82H104N16O17S2/c1-44(2)30-58(83)72(104)98-70(47(6)100)81(113)94-63(32-48-12-8-7-9-13-48)77(109)97-67-41-116-39-50-16-22-52(23-17-50)53-24-18-51(19-25-53)40-117-42-68(80(112)95-66(38-99)82(114)115)96-75(107)61(31-45(3)4)90-73(105)60(28-29-69(84)102)89-71(103)46(5)88-74(106)64(34-54-36-86-59-15-11-10-14-57(54)59)92-76(108)62(33-49-20-26-56(101)27-21-49)91-78(110)65(93-79(67)111)35-55-37-85-43-87-55/h7-27,36-37,43-47,58,60-68,70,86,99-101H,28-35,38-42,83H2,1-6H3,(H2,84,102)(H,85,87)(H,88,106)(H,89,103)(H,90,105)(H,91,110)(H,92,108)(H,93,111)(H,94,113)(H,95,112)(H,96,107)(H,97,109)(H,98,104)(H,114,115)/t46-,47+,58-,60-,61-,62-,63-,64-,65-,66-,67-,68-,70-/m0/s1. The minimum absolute atomic E-state index is 0.00335. The summed E-state index contributed by atoms with van der Waals surface area (Å²) in [6, 6.07) is 17.9. The number of amides is 12. The van der Waals surface area contributed by atoms with Gasteiger partial charge in [-0.05, 0) is 102 Å². The summed E-state index contributed by atoms with van der Waals surface area (Å²) >= 11 is 2.42. The molecule has 35 heteroatoms. The van der Waals surface area contributed by atoms with E-state index < -0.39 is 175 Å². The average Bonchev–Trinajstić information content (AvgIpc) is 1.73. The highest BCUT2D eigenvalue weighted by atomic mass is 32.2. The maximum Gasteiger partial charge on any atom is 0.328 e. The number of aromatic nitrogens is 3. The number of carbonyl (C=O) groups excluding carboxylic acids is 12. The van der Waals surface area contributed by atoms with Gasteiger partial charge in [-0.3, -0.25) is 57.5 Å². The third-order valence-corrected chi connectivity index (χ3v) is 21.4. The number of phenols is 1. The summed E-state index contributed by atoms with van der Waals surface area (Å²) in [4.78, 5) is 196. The van der Waals surface area contributed by atoms with Crippen molar-refractivity contribution in [1.29, 1.82) is 0 Å². The lowest BCUT2D eigenvalue weighted by molar-refractivity contribution is -0.143. The summed E-state index contributed by atoms with van der Waals surface area (Å²) in [6.07, 6.45) is 1.18. The SMILES string of the molecule is CC(C)C[C@@H]1NC(=O)[C@H](CCC(N)=O)NC(=O)[C@H](C)NC(=O)[C@H](Cc2c[nH]c3ccccc23)NC(=O)[C@H](Cc2ccc(O)cc2)NC(=O)[C@H](Cc2c[nH]cn2)NC(=O)[C@@H](NC(=O)[C@H](Cc2ccccc2)NC(=O)[C@@H](NC(=O)[C@@H](N)CC(C)C)[C@@H](C)O)CSCc2ccc(cc2)-c2ccc(cc2)CSC[C@@H](C(=O)N[C@@H](CO)C(=O)O)NC1=O. The van der Waals surface area contributed by atoms with Crippen LogP contribution in [-0.2, 0) is 99.5 Å². The second-order valence-corrected chi connectivity index (χ2v) is 31.8. The van der Waals surface area contributed by atoms with E-state index in [-0.39, 0.29) is 84.8 Å². The van der Waals surface area contributed by atoms with Crippen molar-refractivity contribution < 1.29 is 82.8 Å². The number of hydrogen-bond donors (Lipinski definition) is 19. The number of nitrogens with two attached hydrogens (primary N) is 2. The van der Waals surface area contributed by atoms with E-state index in [1.54, 1.807) is 74.6 Å². The fourth-order valence-corrected chi connectivity index (χ4v) is 14.8. The number of aliphatic carboxylic acids is 1. The number of nitrogens with one attached hydrogen (secondary N) is 13. The Labute approximate surface area is 684 Å². The first-order valence-electron chi connectivity index (χ1n) is 38.4. The van der Waals surface area contributed by atoms with E-state index in [9.17, 15) is 58.8 Å². The molecule has 0 fully saturated rings. The van der Waals surface area contributed by atoms with Crippen molar-refractivity contribution in [2.45, 2.75) is 183 Å². The molecular formula is C82H104N16O17S2. The van der Waals surface area contributed by atoms with E-state index >= 15 is 24.0 Å². The fourth-order valence-electron chi connectivity index (χ4n) is 12.8. The zero-order valence-electron chi connectivity index (χ0n) is 65.7. The largest absolute Gasteiger partial charge is 0.508 e. The Balaban J connectivity index is 1.19. The van der Waals surface area contributed by atoms with Crippen molar-refractivity contribution in [3.05, 3.63) is 180 Å². The number of hydrogen-bond acceptors (Lipinski definition) is 20. The van der Waals surface area contributed by atoms with Crippen molar-refractivity contribution in [2.75, 3.05) is 18.1 Å². The Morgan fingerprint density at radius 2 is 1.14 bits per heavy atom. The van der Waals surface area contributed by atoms with Gasteiger partial charge in [-0.1, -0.05) is 137 Å². The summed E-state index contributed by atoms with van der Waals surface area (Å²) in [5.74, 6) is -12.9. The molecule has 3 aliphatic heterocycles. The molecule has 13 atom stereocenters. The zero-order chi connectivity index (χ0) is 85.0. The molecule has 2 aromatic heterocycles. The smallest absolute Gasteiger partial charge is 0.328 e. The number of carboxylic acid groups (broad SMARTS) is 1. The van der Waals surface area contributed by atoms with Crippen molar-refractivity contribution in [1.82, 2.24) is 73.4 Å². The van der Waals surface area contributed by atoms with Gasteiger partial charge in [-0.25, -0.2) is 9.78 Å². The number of H-pyrrole nitrogens is 2. The maximum atomic E-state index is 15.4. The number of rotatable bonds is 26. The van der Waals surface area contributed by atoms with Gasteiger partial charge in [-0.2, -0.15) is 23.5 Å². The maximum absolute atomic E-state index is 15.4. The second kappa shape index (κ2) is 44.4. The van der Waals surface area contributed by atoms with Crippen molar-refractivity contribution in [3.63, 3.8) is 0 Å². The molecule has 5 heterocycles. The lowest BCUT2D eigenvalue weighted by Gasteiger charge is -2.28. The van der Waals surface area contributed by atoms with Crippen molar-refractivity contribution in [2.24, 2.45) is 23.3 Å². The van der Waals surface area contributed by atoms with Crippen LogP contribution in [0.1, 0.15) is 101 Å². The quantitative estimate of drug-likeness (QED) is 0.0362. The van der Waals surface area contributed by atoms with E-state index in [4.69, 9.17) is 11.5 Å². The summed E-state index contributed by atoms with van der Waals surface area (Å²) in [6.45, 7) is 8.77. The molecule has 5 aromatic carbocycles. The third kappa shape index (κ3) is 28.3. The molecule has 117 heavy (non-hydrogen) atoms. The van der Waals surface area contributed by atoms with Gasteiger partial charge in [-0.15, -0.1) is 0 Å². The van der Waals surface area contributed by atoms with Crippen LogP contribution in [0.15, 0.2) is 146 Å². The summed E-state index contributed by atoms with van der Waals surface area (Å²) in [7, 11) is 0. The first kappa shape index (κ1) is 90.9. The number of carboxylic acids is 1. The highest BCUT2D eigenvalue weighted by Gasteiger charge is 2.38. The molecule has 3 aliphatic rings. The number of para-hydroxylation sites is 1. The monoisotopic (exact) mass is 1650 g/mol. The number of carbonyl (C=O) groups is 13. The number of benzene rings is 5. The summed E-state index contributed by atoms with van der Waals surface area (Å²) in [5.41, 5.74) is 17.3. The van der Waals surface area contributed by atoms with Gasteiger partial charge in [0.25, 0.3) is 0 Å². The van der Waals surface area contributed by atoms with Crippen LogP contribution in [-0.4, -0.2) is 209 Å². The summed E-state index contributed by atoms with van der Waals surface area (Å²) < 4.78 is 0. The van der Waals surface area contributed by atoms with Gasteiger partial charge in [0.2, 0.25) is 70.9 Å². The molecular weight excluding hydrogens is 1550 g/mol. The molecule has 10 rings (SSSR count). The van der Waals surface area contributed by atoms with Crippen LogP contribution >= 0.6 is 23.5 Å². The zero-order valence-corrected chi connectivity index (χ0v) is 67.4. The molecule has 12 amide bonds. The molecule has 0 aliphatic carbocycles. The molecule has 4 bridgehead atoms. The fraction of sp³-hybridized carbons (Fsp3) is 0.415. The highest BCUT2D eigenvalue weighted by Crippen LogP contribution is 2.26. The third-order valence-electron chi connectivity index (χ3n) is 19.2. The van der Waals surface area contributed by atoms with Crippen molar-refractivity contribution >= 4 is 111 Å². The number of aliphatic hydroxyl groups excluding tert-OH is 2. The van der Waals surface area contributed by atoms with E-state index in [2.05, 4.69) is 73.4 Å². The Kier molecular flexibility index (Phi) is 34.5. The van der Waals surface area contributed by atoms with E-state index in [1.807, 2.05) is 62.4 Å². The van der Waals surface area contributed by atoms with Gasteiger partial charge in [0, 0.05) is 78.4 Å². The number of fused-ring (bicyclic) bond motifs is 3. The van der Waals surface area contributed by atoms with E-state index in [0.29, 0.717) is 27.6 Å². The Morgan fingerprint density at radius 1 is 0.573 bits per heavy atom. The van der Waals surface area contributed by atoms with E-state index in [1.165, 1.54) is 74.2 Å².